The van der Waals surface area contributed by atoms with E-state index in [1.165, 1.54) is 6.20 Å². The Bertz CT molecular complexity index is 691. The Labute approximate surface area is 117 Å². The summed E-state index contributed by atoms with van der Waals surface area (Å²) in [5.41, 5.74) is 9.18. The highest BCUT2D eigenvalue weighted by Crippen LogP contribution is 2.15. The van der Waals surface area contributed by atoms with Crippen molar-refractivity contribution in [3.8, 4) is 11.8 Å². The molecule has 20 heavy (non-hydrogen) atoms. The van der Waals surface area contributed by atoms with Gasteiger partial charge in [-0.2, -0.15) is 5.10 Å². The molecule has 1 aromatic heterocycles. The van der Waals surface area contributed by atoms with E-state index in [1.54, 1.807) is 6.92 Å². The second-order valence-corrected chi connectivity index (χ2v) is 4.46. The number of hydrogen-bond donors (Lipinski definition) is 3. The van der Waals surface area contributed by atoms with Gasteiger partial charge in [0.1, 0.15) is 0 Å². The molecule has 1 aromatic carbocycles. The van der Waals surface area contributed by atoms with Crippen LogP contribution in [0.15, 0.2) is 24.4 Å². The molecule has 0 saturated carbocycles. The van der Waals surface area contributed by atoms with E-state index in [1.807, 2.05) is 25.1 Å². The van der Waals surface area contributed by atoms with Crippen LogP contribution in [0.1, 0.15) is 27.2 Å². The first-order chi connectivity index (χ1) is 9.60. The van der Waals surface area contributed by atoms with Gasteiger partial charge < -0.3 is 11.1 Å². The summed E-state index contributed by atoms with van der Waals surface area (Å²) in [6.45, 7) is 4.06. The fourth-order valence-corrected chi connectivity index (χ4v) is 1.86. The molecule has 4 N–H and O–H groups in total. The number of hydrogen-bond acceptors (Lipinski definition) is 3. The van der Waals surface area contributed by atoms with Crippen molar-refractivity contribution in [3.05, 3.63) is 46.8 Å². The fraction of sp³-hybridized carbons (Fsp3) is 0.200. The zero-order valence-electron chi connectivity index (χ0n) is 11.4. The SMILES string of the molecule is Cc1cc(C#CCN)cc(NC(=O)c2cn[nH]c2C)c1. The topological polar surface area (TPSA) is 83.8 Å². The smallest absolute Gasteiger partial charge is 0.259 e. The van der Waals surface area contributed by atoms with Crippen LogP contribution in [0.3, 0.4) is 0 Å². The van der Waals surface area contributed by atoms with Crippen molar-refractivity contribution in [1.29, 1.82) is 0 Å². The number of carbonyl (C=O) groups excluding carboxylic acids is 1. The molecule has 5 heteroatoms. The average molecular weight is 268 g/mol. The molecule has 0 atom stereocenters. The van der Waals surface area contributed by atoms with Gasteiger partial charge in [-0.15, -0.1) is 0 Å². The van der Waals surface area contributed by atoms with Gasteiger partial charge in [0, 0.05) is 16.9 Å². The normalized spacial score (nSPS) is 9.75. The van der Waals surface area contributed by atoms with Crippen LogP contribution in [-0.2, 0) is 0 Å². The lowest BCUT2D eigenvalue weighted by molar-refractivity contribution is 0.102. The van der Waals surface area contributed by atoms with E-state index in [-0.39, 0.29) is 5.91 Å². The van der Waals surface area contributed by atoms with Gasteiger partial charge in [-0.05, 0) is 37.6 Å². The quantitative estimate of drug-likeness (QED) is 0.723. The maximum atomic E-state index is 12.1. The molecule has 102 valence electrons. The van der Waals surface area contributed by atoms with Crippen molar-refractivity contribution in [2.45, 2.75) is 13.8 Å². The van der Waals surface area contributed by atoms with E-state index in [2.05, 4.69) is 27.4 Å². The van der Waals surface area contributed by atoms with E-state index in [9.17, 15) is 4.79 Å². The van der Waals surface area contributed by atoms with Crippen molar-refractivity contribution in [1.82, 2.24) is 10.2 Å². The van der Waals surface area contributed by atoms with Gasteiger partial charge in [0.05, 0.1) is 18.3 Å². The number of aromatic amines is 1. The predicted octanol–water partition coefficient (Wildman–Crippen LogP) is 1.59. The molecule has 2 aromatic rings. The lowest BCUT2D eigenvalue weighted by Gasteiger charge is -2.06. The van der Waals surface area contributed by atoms with Gasteiger partial charge in [-0.3, -0.25) is 9.89 Å². The first kappa shape index (κ1) is 13.8. The third kappa shape index (κ3) is 3.25. The number of amides is 1. The maximum Gasteiger partial charge on any atom is 0.259 e. The minimum absolute atomic E-state index is 0.195. The Morgan fingerprint density at radius 2 is 2.20 bits per heavy atom. The van der Waals surface area contributed by atoms with Gasteiger partial charge in [0.25, 0.3) is 5.91 Å². The average Bonchev–Trinajstić information content (AvgIpc) is 2.82. The zero-order chi connectivity index (χ0) is 14.5. The molecule has 0 aliphatic heterocycles. The van der Waals surface area contributed by atoms with E-state index in [4.69, 9.17) is 5.73 Å². The summed E-state index contributed by atoms with van der Waals surface area (Å²) in [6.07, 6.45) is 1.51. The lowest BCUT2D eigenvalue weighted by atomic mass is 10.1. The van der Waals surface area contributed by atoms with Gasteiger partial charge in [-0.1, -0.05) is 11.8 Å². The Balaban J connectivity index is 2.23. The number of nitrogens with zero attached hydrogens (tertiary/aromatic N) is 1. The number of H-pyrrole nitrogens is 1. The Morgan fingerprint density at radius 1 is 1.40 bits per heavy atom. The van der Waals surface area contributed by atoms with Crippen LogP contribution < -0.4 is 11.1 Å². The third-order valence-corrected chi connectivity index (χ3v) is 2.74. The number of benzene rings is 1. The van der Waals surface area contributed by atoms with E-state index >= 15 is 0 Å². The minimum atomic E-state index is -0.195. The highest BCUT2D eigenvalue weighted by molar-refractivity contribution is 6.04. The summed E-state index contributed by atoms with van der Waals surface area (Å²) in [7, 11) is 0. The number of nitrogens with two attached hydrogens (primary N) is 1. The number of aryl methyl sites for hydroxylation is 2. The van der Waals surface area contributed by atoms with Crippen LogP contribution in [0.25, 0.3) is 0 Å². The summed E-state index contributed by atoms with van der Waals surface area (Å²) in [5, 5.41) is 9.42. The van der Waals surface area contributed by atoms with Crippen LogP contribution in [-0.4, -0.2) is 22.6 Å². The number of anilines is 1. The second-order valence-electron chi connectivity index (χ2n) is 4.46. The molecule has 2 rings (SSSR count). The summed E-state index contributed by atoms with van der Waals surface area (Å²) in [5.74, 6) is 5.56. The van der Waals surface area contributed by atoms with Crippen LogP contribution >= 0.6 is 0 Å². The molecule has 0 aliphatic carbocycles. The Hall–Kier alpha value is -2.58. The molecular formula is C15H16N4O. The van der Waals surface area contributed by atoms with Crippen LogP contribution in [0.5, 0.6) is 0 Å². The van der Waals surface area contributed by atoms with Crippen LogP contribution in [0.2, 0.25) is 0 Å². The summed E-state index contributed by atoms with van der Waals surface area (Å²) < 4.78 is 0. The first-order valence-corrected chi connectivity index (χ1v) is 6.22. The predicted molar refractivity (Wildman–Crippen MR) is 78.4 cm³/mol. The van der Waals surface area contributed by atoms with E-state index in [0.29, 0.717) is 17.8 Å². The molecule has 1 amide bonds. The van der Waals surface area contributed by atoms with Crippen molar-refractivity contribution < 1.29 is 4.79 Å². The number of carbonyl (C=O) groups is 1. The van der Waals surface area contributed by atoms with E-state index in [0.717, 1.165) is 16.8 Å². The monoisotopic (exact) mass is 268 g/mol. The molecule has 0 unspecified atom stereocenters. The van der Waals surface area contributed by atoms with Gasteiger partial charge >= 0.3 is 0 Å². The first-order valence-electron chi connectivity index (χ1n) is 6.22. The maximum absolute atomic E-state index is 12.1. The summed E-state index contributed by atoms with van der Waals surface area (Å²) in [4.78, 5) is 12.1. The van der Waals surface area contributed by atoms with Crippen molar-refractivity contribution in [3.63, 3.8) is 0 Å². The summed E-state index contributed by atoms with van der Waals surface area (Å²) >= 11 is 0. The standard InChI is InChI=1S/C15H16N4O/c1-10-6-12(4-3-5-16)8-13(7-10)18-15(20)14-9-17-19-11(14)2/h6-9H,5,16H2,1-2H3,(H,17,19)(H,18,20). The van der Waals surface area contributed by atoms with Crippen molar-refractivity contribution in [2.75, 3.05) is 11.9 Å². The van der Waals surface area contributed by atoms with Crippen LogP contribution in [0, 0.1) is 25.7 Å². The molecule has 0 aliphatic rings. The molecule has 0 spiro atoms. The molecular weight excluding hydrogens is 252 g/mol. The molecule has 0 saturated heterocycles. The second kappa shape index (κ2) is 6.04. The molecule has 0 fully saturated rings. The molecule has 0 radical (unpaired) electrons. The minimum Gasteiger partial charge on any atom is -0.322 e. The number of nitrogens with one attached hydrogen (secondary N) is 2. The van der Waals surface area contributed by atoms with Crippen molar-refractivity contribution in [2.24, 2.45) is 5.73 Å². The van der Waals surface area contributed by atoms with E-state index < -0.39 is 0 Å². The molecule has 5 nitrogen and oxygen atoms in total. The summed E-state index contributed by atoms with van der Waals surface area (Å²) in [6, 6.07) is 5.66. The number of rotatable bonds is 2. The van der Waals surface area contributed by atoms with Crippen molar-refractivity contribution >= 4 is 11.6 Å². The zero-order valence-corrected chi connectivity index (χ0v) is 11.4. The fourth-order valence-electron chi connectivity index (χ4n) is 1.86. The third-order valence-electron chi connectivity index (χ3n) is 2.74. The molecule has 1 heterocycles. The molecule has 0 bridgehead atoms. The van der Waals surface area contributed by atoms with Crippen LogP contribution in [0.4, 0.5) is 5.69 Å². The highest BCUT2D eigenvalue weighted by Gasteiger charge is 2.11. The Kier molecular flexibility index (Phi) is 4.18. The van der Waals surface area contributed by atoms with Gasteiger partial charge in [0.15, 0.2) is 0 Å². The number of aromatic nitrogens is 2. The Morgan fingerprint density at radius 3 is 2.85 bits per heavy atom. The highest BCUT2D eigenvalue weighted by atomic mass is 16.1. The van der Waals surface area contributed by atoms with Gasteiger partial charge in [-0.25, -0.2) is 0 Å². The lowest BCUT2D eigenvalue weighted by Crippen LogP contribution is -2.12. The van der Waals surface area contributed by atoms with Gasteiger partial charge in [0.2, 0.25) is 0 Å². The largest absolute Gasteiger partial charge is 0.322 e.